The third-order valence-corrected chi connectivity index (χ3v) is 1.81. The van der Waals surface area contributed by atoms with Crippen LogP contribution in [0.5, 0.6) is 0 Å². The maximum Gasteiger partial charge on any atom is 0.145 e. The molecule has 1 heterocycles. The van der Waals surface area contributed by atoms with Crippen molar-refractivity contribution in [3.05, 3.63) is 30.5 Å². The summed E-state index contributed by atoms with van der Waals surface area (Å²) in [5.41, 5.74) is 1.87. The van der Waals surface area contributed by atoms with Gasteiger partial charge in [0.1, 0.15) is 5.82 Å². The Morgan fingerprint density at radius 1 is 1.23 bits per heavy atom. The van der Waals surface area contributed by atoms with Crippen LogP contribution in [0.3, 0.4) is 0 Å². The molecule has 1 N–H and O–H groups in total. The molecule has 3 nitrogen and oxygen atoms in total. The van der Waals surface area contributed by atoms with Crippen LogP contribution >= 0.6 is 0 Å². The second-order valence-electron chi connectivity index (χ2n) is 2.77. The molecule has 3 heteroatoms. The highest BCUT2D eigenvalue weighted by molar-refractivity contribution is 5.75. The summed E-state index contributed by atoms with van der Waals surface area (Å²) in [6.07, 6.45) is 1.76. The summed E-state index contributed by atoms with van der Waals surface area (Å²) >= 11 is 0. The molecule has 0 saturated carbocycles. The Balaban J connectivity index is 2.49. The molecule has 0 fully saturated rings. The van der Waals surface area contributed by atoms with Crippen LogP contribution in [-0.2, 0) is 0 Å². The highest BCUT2D eigenvalue weighted by atomic mass is 15.0. The monoisotopic (exact) mass is 173 g/mol. The number of anilines is 1. The van der Waals surface area contributed by atoms with E-state index in [0.717, 1.165) is 23.4 Å². The van der Waals surface area contributed by atoms with Crippen molar-refractivity contribution in [1.82, 2.24) is 9.97 Å². The SMILES string of the molecule is CCNc1cnc2ccccc2n1. The lowest BCUT2D eigenvalue weighted by Gasteiger charge is -2.02. The average Bonchev–Trinajstić information content (AvgIpc) is 2.18. The van der Waals surface area contributed by atoms with Gasteiger partial charge in [-0.3, -0.25) is 4.98 Å². The Labute approximate surface area is 76.8 Å². The van der Waals surface area contributed by atoms with Gasteiger partial charge in [0.15, 0.2) is 0 Å². The van der Waals surface area contributed by atoms with E-state index in [1.165, 1.54) is 0 Å². The van der Waals surface area contributed by atoms with E-state index in [1.54, 1.807) is 6.20 Å². The van der Waals surface area contributed by atoms with Crippen molar-refractivity contribution in [3.8, 4) is 0 Å². The largest absolute Gasteiger partial charge is 0.369 e. The standard InChI is InChI=1S/C10H11N3/c1-2-11-10-7-12-8-5-3-4-6-9(8)13-10/h3-7H,2H2,1H3,(H,11,13). The number of nitrogens with zero attached hydrogens (tertiary/aromatic N) is 2. The lowest BCUT2D eigenvalue weighted by Crippen LogP contribution is -1.99. The third-order valence-electron chi connectivity index (χ3n) is 1.81. The third kappa shape index (κ3) is 1.59. The lowest BCUT2D eigenvalue weighted by atomic mass is 10.3. The minimum Gasteiger partial charge on any atom is -0.369 e. The van der Waals surface area contributed by atoms with Crippen LogP contribution in [-0.4, -0.2) is 16.5 Å². The Bertz CT molecular complexity index is 412. The van der Waals surface area contributed by atoms with Crippen LogP contribution in [0.15, 0.2) is 30.5 Å². The molecule has 0 radical (unpaired) electrons. The van der Waals surface area contributed by atoms with Crippen molar-refractivity contribution in [3.63, 3.8) is 0 Å². The highest BCUT2D eigenvalue weighted by Gasteiger charge is 1.96. The van der Waals surface area contributed by atoms with Gasteiger partial charge in [0.2, 0.25) is 0 Å². The first kappa shape index (κ1) is 7.98. The molecule has 2 aromatic rings. The van der Waals surface area contributed by atoms with E-state index in [0.29, 0.717) is 0 Å². The number of para-hydroxylation sites is 2. The molecule has 1 aromatic carbocycles. The minimum absolute atomic E-state index is 0.834. The predicted octanol–water partition coefficient (Wildman–Crippen LogP) is 2.06. The topological polar surface area (TPSA) is 37.8 Å². The Hall–Kier alpha value is -1.64. The number of benzene rings is 1. The van der Waals surface area contributed by atoms with Crippen molar-refractivity contribution in [2.24, 2.45) is 0 Å². The predicted molar refractivity (Wildman–Crippen MR) is 53.7 cm³/mol. The van der Waals surface area contributed by atoms with E-state index in [9.17, 15) is 0 Å². The fraction of sp³-hybridized carbons (Fsp3) is 0.200. The minimum atomic E-state index is 0.834. The van der Waals surface area contributed by atoms with Gasteiger partial charge in [-0.15, -0.1) is 0 Å². The molecular formula is C10H11N3. The van der Waals surface area contributed by atoms with Crippen LogP contribution in [0, 0.1) is 0 Å². The van der Waals surface area contributed by atoms with Crippen LogP contribution in [0.4, 0.5) is 5.82 Å². The Morgan fingerprint density at radius 3 is 2.77 bits per heavy atom. The van der Waals surface area contributed by atoms with Crippen molar-refractivity contribution in [1.29, 1.82) is 0 Å². The van der Waals surface area contributed by atoms with Crippen molar-refractivity contribution < 1.29 is 0 Å². The first-order chi connectivity index (χ1) is 6.40. The smallest absolute Gasteiger partial charge is 0.145 e. The molecule has 0 aliphatic carbocycles. The lowest BCUT2D eigenvalue weighted by molar-refractivity contribution is 1.15. The summed E-state index contributed by atoms with van der Waals surface area (Å²) in [5.74, 6) is 0.834. The van der Waals surface area contributed by atoms with Gasteiger partial charge in [0.25, 0.3) is 0 Å². The Morgan fingerprint density at radius 2 is 2.00 bits per heavy atom. The molecule has 1 aromatic heterocycles. The molecule has 0 aliphatic heterocycles. The molecule has 0 bridgehead atoms. The fourth-order valence-corrected chi connectivity index (χ4v) is 1.22. The van der Waals surface area contributed by atoms with Crippen molar-refractivity contribution >= 4 is 16.9 Å². The van der Waals surface area contributed by atoms with E-state index in [2.05, 4.69) is 15.3 Å². The highest BCUT2D eigenvalue weighted by Crippen LogP contribution is 2.10. The van der Waals surface area contributed by atoms with Gasteiger partial charge in [0.05, 0.1) is 17.2 Å². The zero-order chi connectivity index (χ0) is 9.10. The Kier molecular flexibility index (Phi) is 2.08. The zero-order valence-electron chi connectivity index (χ0n) is 7.49. The summed E-state index contributed by atoms with van der Waals surface area (Å²) in [7, 11) is 0. The van der Waals surface area contributed by atoms with Gasteiger partial charge in [-0.1, -0.05) is 12.1 Å². The molecule has 13 heavy (non-hydrogen) atoms. The number of hydrogen-bond acceptors (Lipinski definition) is 3. The number of aromatic nitrogens is 2. The van der Waals surface area contributed by atoms with Gasteiger partial charge in [-0.25, -0.2) is 4.98 Å². The molecule has 0 unspecified atom stereocenters. The number of rotatable bonds is 2. The van der Waals surface area contributed by atoms with Crippen molar-refractivity contribution in [2.75, 3.05) is 11.9 Å². The van der Waals surface area contributed by atoms with E-state index in [1.807, 2.05) is 31.2 Å². The second-order valence-corrected chi connectivity index (χ2v) is 2.77. The number of nitrogens with one attached hydrogen (secondary N) is 1. The maximum absolute atomic E-state index is 4.39. The molecule has 0 saturated heterocycles. The normalized spacial score (nSPS) is 10.2. The van der Waals surface area contributed by atoms with Crippen LogP contribution in [0.2, 0.25) is 0 Å². The average molecular weight is 173 g/mol. The van der Waals surface area contributed by atoms with Gasteiger partial charge >= 0.3 is 0 Å². The van der Waals surface area contributed by atoms with Gasteiger partial charge in [-0.2, -0.15) is 0 Å². The molecule has 0 spiro atoms. The number of fused-ring (bicyclic) bond motifs is 1. The summed E-state index contributed by atoms with van der Waals surface area (Å²) < 4.78 is 0. The fourth-order valence-electron chi connectivity index (χ4n) is 1.22. The molecule has 66 valence electrons. The van der Waals surface area contributed by atoms with Crippen LogP contribution < -0.4 is 5.32 Å². The molecule has 0 aliphatic rings. The molecule has 0 atom stereocenters. The maximum atomic E-state index is 4.39. The van der Waals surface area contributed by atoms with Gasteiger partial charge in [0, 0.05) is 6.54 Å². The van der Waals surface area contributed by atoms with Crippen molar-refractivity contribution in [2.45, 2.75) is 6.92 Å². The molecule has 2 rings (SSSR count). The molecule has 0 amide bonds. The zero-order valence-corrected chi connectivity index (χ0v) is 7.49. The van der Waals surface area contributed by atoms with Gasteiger partial charge in [-0.05, 0) is 19.1 Å². The van der Waals surface area contributed by atoms with Gasteiger partial charge < -0.3 is 5.32 Å². The van der Waals surface area contributed by atoms with E-state index < -0.39 is 0 Å². The summed E-state index contributed by atoms with van der Waals surface area (Å²) in [6.45, 7) is 2.91. The number of hydrogen-bond donors (Lipinski definition) is 1. The summed E-state index contributed by atoms with van der Waals surface area (Å²) in [4.78, 5) is 8.67. The molecular weight excluding hydrogens is 162 g/mol. The first-order valence-electron chi connectivity index (χ1n) is 4.36. The van der Waals surface area contributed by atoms with Crippen LogP contribution in [0.25, 0.3) is 11.0 Å². The van der Waals surface area contributed by atoms with E-state index in [-0.39, 0.29) is 0 Å². The summed E-state index contributed by atoms with van der Waals surface area (Å²) in [5, 5.41) is 3.13. The summed E-state index contributed by atoms with van der Waals surface area (Å²) in [6, 6.07) is 7.85. The van der Waals surface area contributed by atoms with Crippen LogP contribution in [0.1, 0.15) is 6.92 Å². The second kappa shape index (κ2) is 3.39. The van der Waals surface area contributed by atoms with E-state index in [4.69, 9.17) is 0 Å². The first-order valence-corrected chi connectivity index (χ1v) is 4.36. The van der Waals surface area contributed by atoms with E-state index >= 15 is 0 Å². The quantitative estimate of drug-likeness (QED) is 0.755.